The van der Waals surface area contributed by atoms with Crippen molar-refractivity contribution in [2.75, 3.05) is 4.90 Å². The molecule has 236 valence electrons. The molecular formula is C47H33N3. The summed E-state index contributed by atoms with van der Waals surface area (Å²) in [5.74, 6) is 0. The van der Waals surface area contributed by atoms with Crippen molar-refractivity contribution in [1.82, 2.24) is 5.32 Å². The number of allylic oxidation sites excluding steroid dienone is 1. The zero-order valence-electron chi connectivity index (χ0n) is 27.4. The third-order valence-electron chi connectivity index (χ3n) is 10.5. The highest BCUT2D eigenvalue weighted by Crippen LogP contribution is 2.63. The van der Waals surface area contributed by atoms with Crippen LogP contribution in [0.1, 0.15) is 39.5 Å². The first kappa shape index (κ1) is 28.6. The first-order valence-corrected chi connectivity index (χ1v) is 17.2. The summed E-state index contributed by atoms with van der Waals surface area (Å²) in [4.78, 5) is 7.26. The predicted molar refractivity (Wildman–Crippen MR) is 206 cm³/mol. The molecule has 1 unspecified atom stereocenters. The minimum Gasteiger partial charge on any atom is -0.360 e. The zero-order valence-corrected chi connectivity index (χ0v) is 27.4. The average molecular weight is 640 g/mol. The number of benzene rings is 7. The monoisotopic (exact) mass is 639 g/mol. The van der Waals surface area contributed by atoms with E-state index in [1.165, 1.54) is 55.9 Å². The number of nitrogens with zero attached hydrogens (tertiary/aromatic N) is 2. The lowest BCUT2D eigenvalue weighted by Crippen LogP contribution is -2.36. The van der Waals surface area contributed by atoms with Crippen LogP contribution >= 0.6 is 0 Å². The summed E-state index contributed by atoms with van der Waals surface area (Å²) in [5.41, 5.74) is 16.6. The van der Waals surface area contributed by atoms with E-state index >= 15 is 0 Å². The minimum absolute atomic E-state index is 0.166. The van der Waals surface area contributed by atoms with Gasteiger partial charge in [-0.05, 0) is 98.1 Å². The van der Waals surface area contributed by atoms with E-state index in [-0.39, 0.29) is 6.17 Å². The zero-order chi connectivity index (χ0) is 33.1. The summed E-state index contributed by atoms with van der Waals surface area (Å²) in [7, 11) is 0. The van der Waals surface area contributed by atoms with Crippen LogP contribution in [0.2, 0.25) is 0 Å². The van der Waals surface area contributed by atoms with Gasteiger partial charge in [-0.15, -0.1) is 0 Å². The van der Waals surface area contributed by atoms with E-state index in [0.717, 1.165) is 22.5 Å². The average Bonchev–Trinajstić information content (AvgIpc) is 3.49. The van der Waals surface area contributed by atoms with Crippen molar-refractivity contribution in [3.8, 4) is 22.3 Å². The second-order valence-electron chi connectivity index (χ2n) is 13.2. The molecule has 0 aromatic heterocycles. The van der Waals surface area contributed by atoms with E-state index in [1.54, 1.807) is 0 Å². The fourth-order valence-electron chi connectivity index (χ4n) is 8.43. The molecule has 1 aliphatic carbocycles. The number of nitrogens with one attached hydrogen (secondary N) is 1. The molecule has 50 heavy (non-hydrogen) atoms. The van der Waals surface area contributed by atoms with Gasteiger partial charge < -0.3 is 10.2 Å². The van der Waals surface area contributed by atoms with Crippen molar-refractivity contribution >= 4 is 29.0 Å². The lowest BCUT2D eigenvalue weighted by Gasteiger charge is -2.45. The number of aliphatic imine (C=N–C) groups is 1. The maximum atomic E-state index is 4.83. The van der Waals surface area contributed by atoms with E-state index in [2.05, 4.69) is 180 Å². The standard InChI is InChI=1S/C47H33N3/c1-3-14-32(15-4-1)43-28-29-48-46(49-43)35-17-13-16-33(30-35)34-26-27-38-37-20-7-8-21-39(37)47(42(38)31-34)40-22-9-11-24-44(40)50(36-18-5-2-6-19-36)45-25-12-10-23-41(45)47/h1-31,46,49H. The highest BCUT2D eigenvalue weighted by molar-refractivity contribution is 5.96. The first-order chi connectivity index (χ1) is 24.8. The Labute approximate surface area is 292 Å². The van der Waals surface area contributed by atoms with E-state index in [9.17, 15) is 0 Å². The van der Waals surface area contributed by atoms with Gasteiger partial charge in [0.2, 0.25) is 0 Å². The van der Waals surface area contributed by atoms with Crippen molar-refractivity contribution in [2.45, 2.75) is 11.6 Å². The summed E-state index contributed by atoms with van der Waals surface area (Å²) in [6, 6.07) is 64.1. The molecule has 2 aliphatic heterocycles. The highest BCUT2D eigenvalue weighted by Gasteiger charge is 2.51. The van der Waals surface area contributed by atoms with Crippen LogP contribution in [0.3, 0.4) is 0 Å². The Morgan fingerprint density at radius 1 is 0.480 bits per heavy atom. The molecule has 1 N–H and O–H groups in total. The molecule has 10 rings (SSSR count). The summed E-state index contributed by atoms with van der Waals surface area (Å²) in [5, 5.41) is 3.66. The normalized spacial score (nSPS) is 16.1. The fraction of sp³-hybridized carbons (Fsp3) is 0.0426. The molecule has 3 aliphatic rings. The molecule has 0 saturated heterocycles. The van der Waals surface area contributed by atoms with Crippen LogP contribution in [0.4, 0.5) is 17.1 Å². The quantitative estimate of drug-likeness (QED) is 0.207. The number of anilines is 3. The van der Waals surface area contributed by atoms with Crippen LogP contribution in [0.15, 0.2) is 187 Å². The SMILES string of the molecule is C1=NC(c2cccc(-c3ccc4c(c3)C3(c5ccccc5-4)c4ccccc4N(c4ccccc4)c4ccccc43)c2)NC(c2ccccc2)=C1. The second-order valence-corrected chi connectivity index (χ2v) is 13.2. The molecular weight excluding hydrogens is 607 g/mol. The number of rotatable bonds is 4. The number of para-hydroxylation sites is 3. The van der Waals surface area contributed by atoms with Crippen LogP contribution < -0.4 is 10.2 Å². The molecule has 1 spiro atoms. The first-order valence-electron chi connectivity index (χ1n) is 17.2. The molecule has 3 heteroatoms. The van der Waals surface area contributed by atoms with Gasteiger partial charge in [0.05, 0.1) is 16.8 Å². The molecule has 0 bridgehead atoms. The van der Waals surface area contributed by atoms with E-state index < -0.39 is 5.41 Å². The van der Waals surface area contributed by atoms with Crippen LogP contribution in [-0.4, -0.2) is 6.21 Å². The van der Waals surface area contributed by atoms with Gasteiger partial charge in [-0.1, -0.05) is 140 Å². The Morgan fingerprint density at radius 3 is 1.84 bits per heavy atom. The van der Waals surface area contributed by atoms with E-state index in [4.69, 9.17) is 4.99 Å². The molecule has 0 radical (unpaired) electrons. The molecule has 7 aromatic carbocycles. The van der Waals surface area contributed by atoms with Crippen molar-refractivity contribution in [2.24, 2.45) is 4.99 Å². The van der Waals surface area contributed by atoms with E-state index in [1.807, 2.05) is 18.4 Å². The van der Waals surface area contributed by atoms with Gasteiger partial charge in [0, 0.05) is 17.6 Å². The maximum absolute atomic E-state index is 4.83. The Hall–Kier alpha value is -6.45. The van der Waals surface area contributed by atoms with Crippen molar-refractivity contribution in [3.63, 3.8) is 0 Å². The lowest BCUT2D eigenvalue weighted by atomic mass is 9.64. The van der Waals surface area contributed by atoms with Crippen LogP contribution in [0, 0.1) is 0 Å². The largest absolute Gasteiger partial charge is 0.360 e. The van der Waals surface area contributed by atoms with Gasteiger partial charge in [-0.3, -0.25) is 4.99 Å². The lowest BCUT2D eigenvalue weighted by molar-refractivity contribution is 0.667. The van der Waals surface area contributed by atoms with Gasteiger partial charge in [0.1, 0.15) is 6.17 Å². The third-order valence-corrected chi connectivity index (χ3v) is 10.5. The summed E-state index contributed by atoms with van der Waals surface area (Å²) >= 11 is 0. The fourth-order valence-corrected chi connectivity index (χ4v) is 8.43. The smallest absolute Gasteiger partial charge is 0.144 e. The summed E-state index contributed by atoms with van der Waals surface area (Å²) in [6.45, 7) is 0. The van der Waals surface area contributed by atoms with Crippen LogP contribution in [0.25, 0.3) is 28.0 Å². The van der Waals surface area contributed by atoms with Crippen molar-refractivity contribution in [1.29, 1.82) is 0 Å². The Morgan fingerprint density at radius 2 is 1.08 bits per heavy atom. The van der Waals surface area contributed by atoms with E-state index in [0.29, 0.717) is 0 Å². The van der Waals surface area contributed by atoms with Crippen LogP contribution in [0.5, 0.6) is 0 Å². The number of hydrogen-bond donors (Lipinski definition) is 1. The third kappa shape index (κ3) is 4.20. The van der Waals surface area contributed by atoms with Gasteiger partial charge in [0.25, 0.3) is 0 Å². The summed E-state index contributed by atoms with van der Waals surface area (Å²) < 4.78 is 0. The molecule has 2 heterocycles. The molecule has 1 atom stereocenters. The Balaban J connectivity index is 1.15. The maximum Gasteiger partial charge on any atom is 0.144 e. The van der Waals surface area contributed by atoms with Gasteiger partial charge in [-0.2, -0.15) is 0 Å². The highest BCUT2D eigenvalue weighted by atomic mass is 15.2. The molecule has 0 amide bonds. The second kappa shape index (κ2) is 11.3. The van der Waals surface area contributed by atoms with Gasteiger partial charge in [0.15, 0.2) is 0 Å². The summed E-state index contributed by atoms with van der Waals surface area (Å²) in [6.07, 6.45) is 3.80. The predicted octanol–water partition coefficient (Wildman–Crippen LogP) is 11.2. The van der Waals surface area contributed by atoms with Gasteiger partial charge >= 0.3 is 0 Å². The Bertz CT molecular complexity index is 2430. The van der Waals surface area contributed by atoms with Crippen molar-refractivity contribution in [3.05, 3.63) is 215 Å². The molecule has 0 saturated carbocycles. The Kier molecular flexibility index (Phi) is 6.47. The van der Waals surface area contributed by atoms with Gasteiger partial charge in [-0.25, -0.2) is 0 Å². The molecule has 7 aromatic rings. The number of fused-ring (bicyclic) bond motifs is 9. The van der Waals surface area contributed by atoms with Crippen LogP contribution in [-0.2, 0) is 5.41 Å². The number of hydrogen-bond acceptors (Lipinski definition) is 3. The molecule has 0 fully saturated rings. The minimum atomic E-state index is -0.484. The topological polar surface area (TPSA) is 27.6 Å². The molecule has 3 nitrogen and oxygen atoms in total. The van der Waals surface area contributed by atoms with Crippen molar-refractivity contribution < 1.29 is 0 Å².